The lowest BCUT2D eigenvalue weighted by molar-refractivity contribution is 0.157. The number of halogens is 1. The molecular weight excluding hydrogens is 297 g/mol. The third-order valence-electron chi connectivity index (χ3n) is 3.74. The van der Waals surface area contributed by atoms with Gasteiger partial charge in [0, 0.05) is 38.7 Å². The Morgan fingerprint density at radius 1 is 1.48 bits per heavy atom. The molecule has 128 valence electrons. The molecule has 23 heavy (non-hydrogen) atoms. The van der Waals surface area contributed by atoms with Gasteiger partial charge in [-0.2, -0.15) is 0 Å². The average Bonchev–Trinajstić information content (AvgIpc) is 2.99. The maximum absolute atomic E-state index is 13.1. The van der Waals surface area contributed by atoms with E-state index in [1.54, 1.807) is 19.2 Å². The van der Waals surface area contributed by atoms with Crippen LogP contribution in [-0.4, -0.2) is 57.4 Å². The zero-order valence-corrected chi connectivity index (χ0v) is 13.9. The molecule has 1 aromatic carbocycles. The maximum Gasteiger partial charge on any atom is 0.194 e. The van der Waals surface area contributed by atoms with Gasteiger partial charge in [-0.15, -0.1) is 0 Å². The highest BCUT2D eigenvalue weighted by atomic mass is 19.1. The summed E-state index contributed by atoms with van der Waals surface area (Å²) in [4.78, 5) is 6.86. The van der Waals surface area contributed by atoms with Gasteiger partial charge in [-0.3, -0.25) is 0 Å². The van der Waals surface area contributed by atoms with E-state index < -0.39 is 0 Å². The number of hydrogen-bond donors (Lipinski definition) is 1. The zero-order chi connectivity index (χ0) is 16.5. The molecule has 0 amide bonds. The molecule has 1 aliphatic heterocycles. The van der Waals surface area contributed by atoms with E-state index in [1.165, 1.54) is 12.1 Å². The van der Waals surface area contributed by atoms with Crippen molar-refractivity contribution in [3.05, 3.63) is 30.1 Å². The molecule has 1 N–H and O–H groups in total. The minimum Gasteiger partial charge on any atom is -0.492 e. The summed E-state index contributed by atoms with van der Waals surface area (Å²) in [5.41, 5.74) is 0. The Hall–Kier alpha value is -1.82. The van der Waals surface area contributed by atoms with Gasteiger partial charge in [-0.1, -0.05) is 6.07 Å². The van der Waals surface area contributed by atoms with Crippen LogP contribution < -0.4 is 10.1 Å². The van der Waals surface area contributed by atoms with Crippen LogP contribution in [0.4, 0.5) is 4.39 Å². The topological polar surface area (TPSA) is 46.1 Å². The van der Waals surface area contributed by atoms with Crippen molar-refractivity contribution in [1.29, 1.82) is 0 Å². The van der Waals surface area contributed by atoms with Crippen LogP contribution in [0.25, 0.3) is 0 Å². The Morgan fingerprint density at radius 3 is 3.09 bits per heavy atom. The minimum atomic E-state index is -0.291. The number of rotatable bonds is 7. The van der Waals surface area contributed by atoms with E-state index in [0.29, 0.717) is 24.8 Å². The van der Waals surface area contributed by atoms with Crippen LogP contribution >= 0.6 is 0 Å². The third kappa shape index (κ3) is 5.71. The quantitative estimate of drug-likeness (QED) is 0.474. The summed E-state index contributed by atoms with van der Waals surface area (Å²) in [6.45, 7) is 6.59. The van der Waals surface area contributed by atoms with Crippen LogP contribution in [-0.2, 0) is 4.74 Å². The van der Waals surface area contributed by atoms with Crippen LogP contribution in [0.2, 0.25) is 0 Å². The Kier molecular flexibility index (Phi) is 7.13. The van der Waals surface area contributed by atoms with E-state index in [4.69, 9.17) is 9.47 Å². The number of hydrogen-bond acceptors (Lipinski definition) is 3. The molecular formula is C17H26FN3O2. The van der Waals surface area contributed by atoms with Crippen molar-refractivity contribution in [1.82, 2.24) is 10.2 Å². The molecule has 1 fully saturated rings. The van der Waals surface area contributed by atoms with Gasteiger partial charge < -0.3 is 19.7 Å². The first-order valence-electron chi connectivity index (χ1n) is 8.13. The Bertz CT molecular complexity index is 510. The number of nitrogens with one attached hydrogen (secondary N) is 1. The Labute approximate surface area is 137 Å². The molecule has 1 atom stereocenters. The maximum atomic E-state index is 13.1. The first-order valence-corrected chi connectivity index (χ1v) is 8.13. The second-order valence-corrected chi connectivity index (χ2v) is 5.60. The molecule has 0 aliphatic carbocycles. The van der Waals surface area contributed by atoms with E-state index in [0.717, 1.165) is 38.6 Å². The van der Waals surface area contributed by atoms with Crippen molar-refractivity contribution < 1.29 is 13.9 Å². The van der Waals surface area contributed by atoms with Gasteiger partial charge in [0.1, 0.15) is 18.2 Å². The van der Waals surface area contributed by atoms with Crippen molar-refractivity contribution in [2.75, 3.05) is 46.5 Å². The molecule has 1 saturated heterocycles. The SMILES string of the molecule is CCNC(=NCCOc1cccc(F)c1)N1CCC(COC)C1. The zero-order valence-electron chi connectivity index (χ0n) is 13.9. The third-order valence-corrected chi connectivity index (χ3v) is 3.74. The molecule has 0 spiro atoms. The lowest BCUT2D eigenvalue weighted by Crippen LogP contribution is -2.40. The van der Waals surface area contributed by atoms with E-state index in [9.17, 15) is 4.39 Å². The second-order valence-electron chi connectivity index (χ2n) is 5.60. The number of likely N-dealkylation sites (tertiary alicyclic amines) is 1. The van der Waals surface area contributed by atoms with E-state index in [2.05, 4.69) is 22.1 Å². The van der Waals surface area contributed by atoms with E-state index in [-0.39, 0.29) is 5.82 Å². The number of methoxy groups -OCH3 is 1. The van der Waals surface area contributed by atoms with Gasteiger partial charge >= 0.3 is 0 Å². The fourth-order valence-electron chi connectivity index (χ4n) is 2.69. The van der Waals surface area contributed by atoms with Gasteiger partial charge in [0.25, 0.3) is 0 Å². The second kappa shape index (κ2) is 9.35. The highest BCUT2D eigenvalue weighted by molar-refractivity contribution is 5.80. The molecule has 1 aliphatic rings. The number of aliphatic imine (C=N–C) groups is 1. The predicted octanol–water partition coefficient (Wildman–Crippen LogP) is 2.14. The number of ether oxygens (including phenoxy) is 2. The van der Waals surface area contributed by atoms with Gasteiger partial charge in [0.2, 0.25) is 0 Å². The van der Waals surface area contributed by atoms with Crippen LogP contribution in [0.1, 0.15) is 13.3 Å². The standard InChI is InChI=1S/C17H26FN3O2/c1-3-19-17(21-9-7-14(12-21)13-22-2)20-8-10-23-16-6-4-5-15(18)11-16/h4-6,11,14H,3,7-10,12-13H2,1-2H3,(H,19,20). The highest BCUT2D eigenvalue weighted by Gasteiger charge is 2.24. The summed E-state index contributed by atoms with van der Waals surface area (Å²) in [6, 6.07) is 6.16. The van der Waals surface area contributed by atoms with Gasteiger partial charge in [0.15, 0.2) is 5.96 Å². The fraction of sp³-hybridized carbons (Fsp3) is 0.588. The molecule has 0 aromatic heterocycles. The van der Waals surface area contributed by atoms with Crippen molar-refractivity contribution in [3.8, 4) is 5.75 Å². The molecule has 0 saturated carbocycles. The predicted molar refractivity (Wildman–Crippen MR) is 89.4 cm³/mol. The molecule has 1 heterocycles. The number of guanidine groups is 1. The molecule has 6 heteroatoms. The van der Waals surface area contributed by atoms with Gasteiger partial charge in [-0.25, -0.2) is 9.38 Å². The summed E-state index contributed by atoms with van der Waals surface area (Å²) < 4.78 is 23.8. The lowest BCUT2D eigenvalue weighted by Gasteiger charge is -2.21. The summed E-state index contributed by atoms with van der Waals surface area (Å²) >= 11 is 0. The minimum absolute atomic E-state index is 0.291. The molecule has 0 radical (unpaired) electrons. The summed E-state index contributed by atoms with van der Waals surface area (Å²) in [5, 5.41) is 3.31. The van der Waals surface area contributed by atoms with E-state index >= 15 is 0 Å². The van der Waals surface area contributed by atoms with Crippen molar-refractivity contribution >= 4 is 5.96 Å². The van der Waals surface area contributed by atoms with Crippen molar-refractivity contribution in [2.45, 2.75) is 13.3 Å². The fourth-order valence-corrected chi connectivity index (χ4v) is 2.69. The lowest BCUT2D eigenvalue weighted by atomic mass is 10.1. The summed E-state index contributed by atoms with van der Waals surface area (Å²) in [7, 11) is 1.74. The molecule has 1 aromatic rings. The van der Waals surface area contributed by atoms with Crippen LogP contribution in [0.15, 0.2) is 29.3 Å². The van der Waals surface area contributed by atoms with Crippen molar-refractivity contribution in [2.24, 2.45) is 10.9 Å². The Morgan fingerprint density at radius 2 is 2.35 bits per heavy atom. The van der Waals surface area contributed by atoms with Crippen LogP contribution in [0.3, 0.4) is 0 Å². The van der Waals surface area contributed by atoms with Gasteiger partial charge in [-0.05, 0) is 25.5 Å². The monoisotopic (exact) mass is 323 g/mol. The van der Waals surface area contributed by atoms with Gasteiger partial charge in [0.05, 0.1) is 13.2 Å². The van der Waals surface area contributed by atoms with Crippen molar-refractivity contribution in [3.63, 3.8) is 0 Å². The first-order chi connectivity index (χ1) is 11.2. The first kappa shape index (κ1) is 17.5. The molecule has 2 rings (SSSR count). The number of nitrogens with zero attached hydrogens (tertiary/aromatic N) is 2. The number of benzene rings is 1. The summed E-state index contributed by atoms with van der Waals surface area (Å²) in [5.74, 6) is 1.72. The molecule has 1 unspecified atom stereocenters. The normalized spacial score (nSPS) is 18.3. The largest absolute Gasteiger partial charge is 0.492 e. The summed E-state index contributed by atoms with van der Waals surface area (Å²) in [6.07, 6.45) is 1.12. The Balaban J connectivity index is 1.82. The molecule has 0 bridgehead atoms. The molecule has 5 nitrogen and oxygen atoms in total. The van der Waals surface area contributed by atoms with E-state index in [1.807, 2.05) is 0 Å². The highest BCUT2D eigenvalue weighted by Crippen LogP contribution is 2.16. The average molecular weight is 323 g/mol. The van der Waals surface area contributed by atoms with Crippen LogP contribution in [0.5, 0.6) is 5.75 Å². The van der Waals surface area contributed by atoms with Crippen LogP contribution in [0, 0.1) is 11.7 Å². The smallest absolute Gasteiger partial charge is 0.194 e.